The SMILES string of the molecule is CC1CN(CCC23CC4CC(CC(C4)C2)C3)CC(C)N1. The average Bonchev–Trinajstić information content (AvgIpc) is 2.34. The highest BCUT2D eigenvalue weighted by molar-refractivity contribution is 5.01. The highest BCUT2D eigenvalue weighted by Gasteiger charge is 2.50. The van der Waals surface area contributed by atoms with E-state index in [1.54, 1.807) is 38.5 Å². The van der Waals surface area contributed by atoms with Gasteiger partial charge in [0.25, 0.3) is 0 Å². The van der Waals surface area contributed by atoms with Crippen LogP contribution in [0, 0.1) is 23.2 Å². The summed E-state index contributed by atoms with van der Waals surface area (Å²) in [6.07, 6.45) is 11.0. The fourth-order valence-corrected chi connectivity index (χ4v) is 6.61. The smallest absolute Gasteiger partial charge is 0.0169 e. The first kappa shape index (κ1) is 13.6. The van der Waals surface area contributed by atoms with Gasteiger partial charge in [0.2, 0.25) is 0 Å². The van der Waals surface area contributed by atoms with Crippen molar-refractivity contribution < 1.29 is 0 Å². The van der Waals surface area contributed by atoms with Crippen molar-refractivity contribution in [1.82, 2.24) is 10.2 Å². The minimum atomic E-state index is 0.676. The molecular formula is C18H32N2. The molecule has 0 amide bonds. The molecule has 4 aliphatic carbocycles. The number of hydrogen-bond acceptors (Lipinski definition) is 2. The Morgan fingerprint density at radius 3 is 1.90 bits per heavy atom. The van der Waals surface area contributed by atoms with Gasteiger partial charge in [-0.2, -0.15) is 0 Å². The molecule has 20 heavy (non-hydrogen) atoms. The quantitative estimate of drug-likeness (QED) is 0.851. The van der Waals surface area contributed by atoms with Crippen molar-refractivity contribution in [3.8, 4) is 0 Å². The molecule has 114 valence electrons. The molecule has 0 aromatic carbocycles. The molecule has 2 heteroatoms. The summed E-state index contributed by atoms with van der Waals surface area (Å²) in [6, 6.07) is 1.35. The predicted octanol–water partition coefficient (Wildman–Crippen LogP) is 3.28. The highest BCUT2D eigenvalue weighted by atomic mass is 15.2. The first-order chi connectivity index (χ1) is 9.60. The van der Waals surface area contributed by atoms with Crippen LogP contribution in [0.3, 0.4) is 0 Å². The molecule has 2 nitrogen and oxygen atoms in total. The van der Waals surface area contributed by atoms with Gasteiger partial charge in [0.15, 0.2) is 0 Å². The Labute approximate surface area is 124 Å². The van der Waals surface area contributed by atoms with E-state index < -0.39 is 0 Å². The van der Waals surface area contributed by atoms with Gasteiger partial charge in [-0.15, -0.1) is 0 Å². The van der Waals surface area contributed by atoms with Crippen LogP contribution in [0.25, 0.3) is 0 Å². The first-order valence-corrected chi connectivity index (χ1v) is 9.09. The van der Waals surface area contributed by atoms with Crippen molar-refractivity contribution in [2.75, 3.05) is 19.6 Å². The maximum atomic E-state index is 3.66. The molecule has 5 aliphatic rings. The predicted molar refractivity (Wildman–Crippen MR) is 83.7 cm³/mol. The molecule has 1 saturated heterocycles. The van der Waals surface area contributed by atoms with Crippen LogP contribution in [0.1, 0.15) is 58.8 Å². The molecule has 1 aliphatic heterocycles. The summed E-state index contributed by atoms with van der Waals surface area (Å²) in [7, 11) is 0. The van der Waals surface area contributed by atoms with Gasteiger partial charge in [-0.05, 0) is 88.5 Å². The molecule has 2 unspecified atom stereocenters. The normalized spacial score (nSPS) is 51.6. The van der Waals surface area contributed by atoms with Crippen LogP contribution >= 0.6 is 0 Å². The second-order valence-corrected chi connectivity index (χ2v) is 8.90. The van der Waals surface area contributed by atoms with Crippen LogP contribution < -0.4 is 5.32 Å². The van der Waals surface area contributed by atoms with E-state index in [1.165, 1.54) is 26.1 Å². The van der Waals surface area contributed by atoms with Gasteiger partial charge in [0, 0.05) is 25.2 Å². The lowest BCUT2D eigenvalue weighted by Gasteiger charge is -2.57. The molecule has 0 aromatic rings. The third-order valence-corrected chi connectivity index (χ3v) is 6.76. The molecule has 1 heterocycles. The summed E-state index contributed by atoms with van der Waals surface area (Å²) >= 11 is 0. The Hall–Kier alpha value is -0.0800. The molecule has 0 aromatic heterocycles. The molecule has 5 fully saturated rings. The zero-order valence-corrected chi connectivity index (χ0v) is 13.4. The van der Waals surface area contributed by atoms with E-state index in [2.05, 4.69) is 24.1 Å². The number of nitrogens with one attached hydrogen (secondary N) is 1. The fraction of sp³-hybridized carbons (Fsp3) is 1.00. The van der Waals surface area contributed by atoms with Crippen LogP contribution in [0.4, 0.5) is 0 Å². The van der Waals surface area contributed by atoms with Crippen LogP contribution in [0.15, 0.2) is 0 Å². The van der Waals surface area contributed by atoms with Crippen molar-refractivity contribution in [3.63, 3.8) is 0 Å². The zero-order valence-electron chi connectivity index (χ0n) is 13.4. The van der Waals surface area contributed by atoms with Crippen molar-refractivity contribution in [1.29, 1.82) is 0 Å². The summed E-state index contributed by atoms with van der Waals surface area (Å²) in [5, 5.41) is 3.66. The molecule has 1 N–H and O–H groups in total. The van der Waals surface area contributed by atoms with E-state index in [0.29, 0.717) is 12.1 Å². The number of hydrogen-bond donors (Lipinski definition) is 1. The second kappa shape index (κ2) is 4.98. The maximum Gasteiger partial charge on any atom is 0.0169 e. The van der Waals surface area contributed by atoms with E-state index in [1.807, 2.05) is 0 Å². The zero-order chi connectivity index (χ0) is 13.7. The Morgan fingerprint density at radius 1 is 0.900 bits per heavy atom. The van der Waals surface area contributed by atoms with Crippen LogP contribution in [-0.4, -0.2) is 36.6 Å². The molecular weight excluding hydrogens is 244 g/mol. The highest BCUT2D eigenvalue weighted by Crippen LogP contribution is 2.61. The van der Waals surface area contributed by atoms with Crippen molar-refractivity contribution in [2.24, 2.45) is 23.2 Å². The third-order valence-electron chi connectivity index (χ3n) is 6.76. The fourth-order valence-electron chi connectivity index (χ4n) is 6.61. The topological polar surface area (TPSA) is 15.3 Å². The molecule has 0 radical (unpaired) electrons. The first-order valence-electron chi connectivity index (χ1n) is 9.09. The number of nitrogens with zero attached hydrogens (tertiary/aromatic N) is 1. The minimum Gasteiger partial charge on any atom is -0.309 e. The maximum absolute atomic E-state index is 3.66. The third kappa shape index (κ3) is 2.54. The van der Waals surface area contributed by atoms with Crippen LogP contribution in [0.2, 0.25) is 0 Å². The molecule has 0 spiro atoms. The monoisotopic (exact) mass is 276 g/mol. The van der Waals surface area contributed by atoms with E-state index in [4.69, 9.17) is 0 Å². The van der Waals surface area contributed by atoms with E-state index in [-0.39, 0.29) is 0 Å². The van der Waals surface area contributed by atoms with Gasteiger partial charge in [-0.3, -0.25) is 0 Å². The summed E-state index contributed by atoms with van der Waals surface area (Å²) in [5.41, 5.74) is 0.770. The van der Waals surface area contributed by atoms with Gasteiger partial charge in [-0.25, -0.2) is 0 Å². The average molecular weight is 276 g/mol. The Morgan fingerprint density at radius 2 is 1.40 bits per heavy atom. The van der Waals surface area contributed by atoms with Gasteiger partial charge >= 0.3 is 0 Å². The number of rotatable bonds is 3. The Balaban J connectivity index is 1.37. The van der Waals surface area contributed by atoms with Crippen LogP contribution in [-0.2, 0) is 0 Å². The summed E-state index contributed by atoms with van der Waals surface area (Å²) < 4.78 is 0. The Kier molecular flexibility index (Phi) is 3.38. The number of piperazine rings is 1. The Bertz CT molecular complexity index is 319. The van der Waals surface area contributed by atoms with E-state index in [9.17, 15) is 0 Å². The van der Waals surface area contributed by atoms with Gasteiger partial charge in [0.05, 0.1) is 0 Å². The van der Waals surface area contributed by atoms with Gasteiger partial charge in [-0.1, -0.05) is 0 Å². The van der Waals surface area contributed by atoms with E-state index in [0.717, 1.165) is 23.2 Å². The molecule has 4 bridgehead atoms. The van der Waals surface area contributed by atoms with Gasteiger partial charge < -0.3 is 10.2 Å². The van der Waals surface area contributed by atoms with Crippen molar-refractivity contribution in [2.45, 2.75) is 70.9 Å². The van der Waals surface area contributed by atoms with Crippen molar-refractivity contribution in [3.05, 3.63) is 0 Å². The summed E-state index contributed by atoms with van der Waals surface area (Å²) in [4.78, 5) is 2.74. The largest absolute Gasteiger partial charge is 0.309 e. The second-order valence-electron chi connectivity index (χ2n) is 8.90. The van der Waals surface area contributed by atoms with E-state index >= 15 is 0 Å². The minimum absolute atomic E-state index is 0.676. The summed E-state index contributed by atoms with van der Waals surface area (Å²) in [6.45, 7) is 8.57. The van der Waals surface area contributed by atoms with Crippen molar-refractivity contribution >= 4 is 0 Å². The molecule has 2 atom stereocenters. The summed E-state index contributed by atoms with van der Waals surface area (Å²) in [5.74, 6) is 3.34. The lowest BCUT2D eigenvalue weighted by atomic mass is 9.49. The van der Waals surface area contributed by atoms with Crippen LogP contribution in [0.5, 0.6) is 0 Å². The lowest BCUT2D eigenvalue weighted by molar-refractivity contribution is -0.0621. The molecule has 5 rings (SSSR count). The van der Waals surface area contributed by atoms with Gasteiger partial charge in [0.1, 0.15) is 0 Å². The standard InChI is InChI=1S/C18H32N2/c1-13-11-20(12-14(2)19-13)4-3-18-8-15-5-16(9-18)7-17(6-15)10-18/h13-17,19H,3-12H2,1-2H3. The molecule has 4 saturated carbocycles. The lowest BCUT2D eigenvalue weighted by Crippen LogP contribution is -2.55.